The monoisotopic (exact) mass is 362 g/mol. The Morgan fingerprint density at radius 1 is 0.889 bits per heavy atom. The van der Waals surface area contributed by atoms with Crippen LogP contribution in [0.25, 0.3) is 22.2 Å². The number of aromatic nitrogens is 2. The molecule has 4 heteroatoms. The van der Waals surface area contributed by atoms with E-state index in [1.165, 1.54) is 45.6 Å². The molecule has 0 bridgehead atoms. The Labute approximate surface area is 156 Å². The van der Waals surface area contributed by atoms with Crippen molar-refractivity contribution >= 4 is 10.9 Å². The number of hydrogen-bond donors (Lipinski definition) is 0. The van der Waals surface area contributed by atoms with E-state index < -0.39 is 11.6 Å². The van der Waals surface area contributed by atoms with Gasteiger partial charge in [-0.2, -0.15) is 0 Å². The molecule has 4 aromatic rings. The lowest BCUT2D eigenvalue weighted by Crippen LogP contribution is -2.16. The number of benzene rings is 2. The predicted octanol–water partition coefficient (Wildman–Crippen LogP) is 5.49. The van der Waals surface area contributed by atoms with E-state index in [0.29, 0.717) is 0 Å². The van der Waals surface area contributed by atoms with E-state index in [1.807, 2.05) is 0 Å². The Morgan fingerprint density at radius 3 is 2.44 bits per heavy atom. The standard InChI is InChI=1S/C23H20F2N2/c1-13-14(2)23(15-8-9-18(24)19(25)10-15)27-12-22-17(11-21(13)27)16-6-4-5-7-20(16)26(22)3/h4-10H,11-12H2,1-3H3. The molecule has 0 amide bonds. The van der Waals surface area contributed by atoms with Crippen molar-refractivity contribution in [3.05, 3.63) is 82.2 Å². The summed E-state index contributed by atoms with van der Waals surface area (Å²) in [5.74, 6) is -1.62. The minimum atomic E-state index is -0.811. The first-order valence-electron chi connectivity index (χ1n) is 9.16. The number of halogens is 2. The lowest BCUT2D eigenvalue weighted by atomic mass is 10.00. The summed E-state index contributed by atoms with van der Waals surface area (Å²) in [6, 6.07) is 12.7. The SMILES string of the molecule is Cc1c(C)c(-c2ccc(F)c(F)c2)n2c1Cc1c(n(C)c3ccccc13)C2. The number of hydrogen-bond acceptors (Lipinski definition) is 0. The van der Waals surface area contributed by atoms with Gasteiger partial charge in [-0.3, -0.25) is 0 Å². The maximum absolute atomic E-state index is 13.9. The van der Waals surface area contributed by atoms with Crippen LogP contribution in [-0.4, -0.2) is 9.13 Å². The van der Waals surface area contributed by atoms with Crippen molar-refractivity contribution in [3.8, 4) is 11.3 Å². The largest absolute Gasteiger partial charge is 0.346 e. The van der Waals surface area contributed by atoms with E-state index in [9.17, 15) is 8.78 Å². The minimum Gasteiger partial charge on any atom is -0.346 e. The molecule has 5 rings (SSSR count). The zero-order valence-corrected chi connectivity index (χ0v) is 15.6. The van der Waals surface area contributed by atoms with Crippen LogP contribution in [0.2, 0.25) is 0 Å². The average molecular weight is 362 g/mol. The van der Waals surface area contributed by atoms with E-state index >= 15 is 0 Å². The molecule has 27 heavy (non-hydrogen) atoms. The second-order valence-electron chi connectivity index (χ2n) is 7.44. The van der Waals surface area contributed by atoms with Gasteiger partial charge in [0.15, 0.2) is 11.6 Å². The third-order valence-corrected chi connectivity index (χ3v) is 6.14. The zero-order valence-electron chi connectivity index (χ0n) is 15.6. The Hall–Kier alpha value is -2.88. The molecule has 2 aromatic heterocycles. The summed E-state index contributed by atoms with van der Waals surface area (Å²) < 4.78 is 31.9. The fraction of sp³-hybridized carbons (Fsp3) is 0.217. The van der Waals surface area contributed by atoms with Crippen molar-refractivity contribution in [3.63, 3.8) is 0 Å². The van der Waals surface area contributed by atoms with Gasteiger partial charge in [0.25, 0.3) is 0 Å². The average Bonchev–Trinajstić information content (AvgIpc) is 3.09. The van der Waals surface area contributed by atoms with Crippen LogP contribution in [0.15, 0.2) is 42.5 Å². The van der Waals surface area contributed by atoms with Gasteiger partial charge in [0.05, 0.1) is 12.2 Å². The highest BCUT2D eigenvalue weighted by Gasteiger charge is 2.27. The first kappa shape index (κ1) is 16.3. The molecular formula is C23H20F2N2. The molecule has 0 saturated carbocycles. The summed E-state index contributed by atoms with van der Waals surface area (Å²) in [6.07, 6.45) is 0.854. The molecule has 0 spiro atoms. The molecule has 2 aromatic carbocycles. The topological polar surface area (TPSA) is 9.86 Å². The maximum atomic E-state index is 13.9. The fourth-order valence-electron chi connectivity index (χ4n) is 4.59. The molecule has 0 aliphatic carbocycles. The molecule has 0 radical (unpaired) electrons. The second-order valence-corrected chi connectivity index (χ2v) is 7.44. The lowest BCUT2D eigenvalue weighted by molar-refractivity contribution is 0.509. The number of fused-ring (bicyclic) bond motifs is 4. The van der Waals surface area contributed by atoms with Gasteiger partial charge < -0.3 is 9.13 Å². The number of nitrogens with zero attached hydrogens (tertiary/aromatic N) is 2. The third kappa shape index (κ3) is 2.16. The summed E-state index contributed by atoms with van der Waals surface area (Å²) in [7, 11) is 2.10. The Bertz CT molecular complexity index is 1230. The normalized spacial score (nSPS) is 13.1. The molecule has 136 valence electrons. The van der Waals surface area contributed by atoms with E-state index in [2.05, 4.69) is 54.3 Å². The molecule has 3 heterocycles. The fourth-order valence-corrected chi connectivity index (χ4v) is 4.59. The van der Waals surface area contributed by atoms with Gasteiger partial charge in [-0.05, 0) is 54.8 Å². The number of para-hydroxylation sites is 1. The summed E-state index contributed by atoms with van der Waals surface area (Å²) >= 11 is 0. The summed E-state index contributed by atoms with van der Waals surface area (Å²) in [5, 5.41) is 1.30. The molecule has 0 fully saturated rings. The number of aryl methyl sites for hydroxylation is 1. The molecule has 0 unspecified atom stereocenters. The number of rotatable bonds is 1. The maximum Gasteiger partial charge on any atom is 0.159 e. The van der Waals surface area contributed by atoms with E-state index in [4.69, 9.17) is 0 Å². The van der Waals surface area contributed by atoms with Gasteiger partial charge in [0.1, 0.15) is 0 Å². The van der Waals surface area contributed by atoms with E-state index in [-0.39, 0.29) is 0 Å². The summed E-state index contributed by atoms with van der Waals surface area (Å²) in [5.41, 5.74) is 9.22. The van der Waals surface area contributed by atoms with Gasteiger partial charge in [-0.15, -0.1) is 0 Å². The van der Waals surface area contributed by atoms with Crippen molar-refractivity contribution in [1.29, 1.82) is 0 Å². The second kappa shape index (κ2) is 5.56. The van der Waals surface area contributed by atoms with Crippen molar-refractivity contribution in [2.75, 3.05) is 0 Å². The van der Waals surface area contributed by atoms with Crippen LogP contribution in [0.1, 0.15) is 28.1 Å². The lowest BCUT2D eigenvalue weighted by Gasteiger charge is -2.21. The summed E-state index contributed by atoms with van der Waals surface area (Å²) in [4.78, 5) is 0. The van der Waals surface area contributed by atoms with Gasteiger partial charge in [0, 0.05) is 41.3 Å². The van der Waals surface area contributed by atoms with Crippen LogP contribution < -0.4 is 0 Å². The van der Waals surface area contributed by atoms with Crippen LogP contribution >= 0.6 is 0 Å². The quantitative estimate of drug-likeness (QED) is 0.373. The third-order valence-electron chi connectivity index (χ3n) is 6.14. The van der Waals surface area contributed by atoms with Crippen LogP contribution in [0, 0.1) is 25.5 Å². The Morgan fingerprint density at radius 2 is 1.67 bits per heavy atom. The molecular weight excluding hydrogens is 342 g/mol. The molecule has 0 atom stereocenters. The first-order chi connectivity index (χ1) is 13.0. The Kier molecular flexibility index (Phi) is 3.36. The van der Waals surface area contributed by atoms with Gasteiger partial charge in [-0.1, -0.05) is 18.2 Å². The molecule has 0 N–H and O–H groups in total. The first-order valence-corrected chi connectivity index (χ1v) is 9.16. The van der Waals surface area contributed by atoms with Crippen LogP contribution in [0.4, 0.5) is 8.78 Å². The van der Waals surface area contributed by atoms with E-state index in [0.717, 1.165) is 29.8 Å². The predicted molar refractivity (Wildman–Crippen MR) is 104 cm³/mol. The van der Waals surface area contributed by atoms with Crippen molar-refractivity contribution in [1.82, 2.24) is 9.13 Å². The van der Waals surface area contributed by atoms with Gasteiger partial charge >= 0.3 is 0 Å². The van der Waals surface area contributed by atoms with Crippen LogP contribution in [-0.2, 0) is 20.0 Å². The van der Waals surface area contributed by atoms with Crippen LogP contribution in [0.3, 0.4) is 0 Å². The highest BCUT2D eigenvalue weighted by Crippen LogP contribution is 2.39. The molecule has 1 aliphatic heterocycles. The summed E-state index contributed by atoms with van der Waals surface area (Å²) in [6.45, 7) is 4.93. The smallest absolute Gasteiger partial charge is 0.159 e. The highest BCUT2D eigenvalue weighted by atomic mass is 19.2. The minimum absolute atomic E-state index is 0.725. The molecule has 0 saturated heterocycles. The van der Waals surface area contributed by atoms with Gasteiger partial charge in [-0.25, -0.2) is 8.78 Å². The van der Waals surface area contributed by atoms with E-state index in [1.54, 1.807) is 6.07 Å². The molecule has 1 aliphatic rings. The Balaban J connectivity index is 1.74. The molecule has 2 nitrogen and oxygen atoms in total. The van der Waals surface area contributed by atoms with Crippen molar-refractivity contribution < 1.29 is 8.78 Å². The zero-order chi connectivity index (χ0) is 18.9. The van der Waals surface area contributed by atoms with Gasteiger partial charge in [0.2, 0.25) is 0 Å². The highest BCUT2D eigenvalue weighted by molar-refractivity contribution is 5.86. The van der Waals surface area contributed by atoms with Crippen LogP contribution in [0.5, 0.6) is 0 Å². The van der Waals surface area contributed by atoms with Crippen molar-refractivity contribution in [2.24, 2.45) is 7.05 Å². The van der Waals surface area contributed by atoms with Crippen molar-refractivity contribution in [2.45, 2.75) is 26.8 Å².